The van der Waals surface area contributed by atoms with Crippen molar-refractivity contribution < 1.29 is 24.0 Å². The van der Waals surface area contributed by atoms with Crippen LogP contribution in [0.1, 0.15) is 11.5 Å². The van der Waals surface area contributed by atoms with Crippen LogP contribution >= 0.6 is 0 Å². The zero-order chi connectivity index (χ0) is 14.3. The number of nitrogens with one attached hydrogen (secondary N) is 3. The van der Waals surface area contributed by atoms with Crippen LogP contribution in [0.15, 0.2) is 10.6 Å². The van der Waals surface area contributed by atoms with Crippen molar-refractivity contribution in [3.8, 4) is 0 Å². The van der Waals surface area contributed by atoms with Crippen molar-refractivity contribution in [2.45, 2.75) is 13.5 Å². The van der Waals surface area contributed by atoms with E-state index in [2.05, 4.69) is 21.1 Å². The summed E-state index contributed by atoms with van der Waals surface area (Å²) in [6, 6.07) is 1.10. The molecule has 0 aliphatic rings. The molecular weight excluding hydrogens is 256 g/mol. The summed E-state index contributed by atoms with van der Waals surface area (Å²) in [4.78, 5) is 32.5. The van der Waals surface area contributed by atoms with Gasteiger partial charge in [0.25, 0.3) is 0 Å². The molecule has 0 aromatic carbocycles. The highest BCUT2D eigenvalue weighted by molar-refractivity contribution is 5.86. The maximum absolute atomic E-state index is 11.3. The molecule has 1 heterocycles. The van der Waals surface area contributed by atoms with Crippen LogP contribution in [0.4, 0.5) is 4.79 Å². The number of aryl methyl sites for hydroxylation is 1. The first-order chi connectivity index (χ1) is 8.97. The Morgan fingerprint density at radius 1 is 1.26 bits per heavy atom. The van der Waals surface area contributed by atoms with Gasteiger partial charge in [-0.05, 0) is 6.92 Å². The SMILES string of the molecule is Cc1cc(CNC(=O)NCC(=O)NCC(=O)O)on1. The minimum absolute atomic E-state index is 0.142. The lowest BCUT2D eigenvalue weighted by Crippen LogP contribution is -2.42. The average molecular weight is 270 g/mol. The number of carboxylic acids is 1. The Hall–Kier alpha value is -2.58. The standard InChI is InChI=1S/C10H14N4O5/c1-6-2-7(19-14-6)3-12-10(18)13-4-8(15)11-5-9(16)17/h2H,3-5H2,1H3,(H,11,15)(H,16,17)(H2,12,13,18). The van der Waals surface area contributed by atoms with Gasteiger partial charge in [-0.2, -0.15) is 0 Å². The van der Waals surface area contributed by atoms with E-state index in [-0.39, 0.29) is 13.1 Å². The Kier molecular flexibility index (Phi) is 5.33. The van der Waals surface area contributed by atoms with Crippen LogP contribution in [0.5, 0.6) is 0 Å². The summed E-state index contributed by atoms with van der Waals surface area (Å²) in [5.41, 5.74) is 0.699. The summed E-state index contributed by atoms with van der Waals surface area (Å²) in [5, 5.41) is 18.8. The van der Waals surface area contributed by atoms with Crippen molar-refractivity contribution in [1.82, 2.24) is 21.1 Å². The summed E-state index contributed by atoms with van der Waals surface area (Å²) >= 11 is 0. The van der Waals surface area contributed by atoms with E-state index < -0.39 is 24.5 Å². The Balaban J connectivity index is 2.17. The number of urea groups is 1. The molecule has 1 rings (SSSR count). The number of aromatic nitrogens is 1. The second-order valence-electron chi connectivity index (χ2n) is 3.64. The number of amides is 3. The molecule has 0 atom stereocenters. The molecule has 0 unspecified atom stereocenters. The molecule has 1 aromatic rings. The van der Waals surface area contributed by atoms with Crippen molar-refractivity contribution in [3.63, 3.8) is 0 Å². The molecule has 4 N–H and O–H groups in total. The number of nitrogens with zero attached hydrogens (tertiary/aromatic N) is 1. The third kappa shape index (κ3) is 6.05. The first kappa shape index (κ1) is 14.5. The molecule has 0 aliphatic carbocycles. The quantitative estimate of drug-likeness (QED) is 0.523. The van der Waals surface area contributed by atoms with Gasteiger partial charge < -0.3 is 25.6 Å². The van der Waals surface area contributed by atoms with Crippen molar-refractivity contribution in [1.29, 1.82) is 0 Å². The Morgan fingerprint density at radius 2 is 2.00 bits per heavy atom. The molecule has 0 fully saturated rings. The number of rotatable bonds is 6. The van der Waals surface area contributed by atoms with E-state index in [1.807, 2.05) is 0 Å². The third-order valence-electron chi connectivity index (χ3n) is 1.95. The highest BCUT2D eigenvalue weighted by Gasteiger charge is 2.07. The van der Waals surface area contributed by atoms with E-state index in [1.54, 1.807) is 13.0 Å². The van der Waals surface area contributed by atoms with Gasteiger partial charge in [-0.3, -0.25) is 9.59 Å². The zero-order valence-electron chi connectivity index (χ0n) is 10.2. The van der Waals surface area contributed by atoms with Crippen LogP contribution in [0, 0.1) is 6.92 Å². The Labute approximate surface area is 108 Å². The molecular formula is C10H14N4O5. The van der Waals surface area contributed by atoms with Gasteiger partial charge >= 0.3 is 12.0 Å². The summed E-state index contributed by atoms with van der Waals surface area (Å²) in [6.45, 7) is 1.09. The molecule has 0 saturated carbocycles. The van der Waals surface area contributed by atoms with Crippen molar-refractivity contribution in [2.75, 3.05) is 13.1 Å². The molecule has 0 spiro atoms. The number of hydrogen-bond acceptors (Lipinski definition) is 5. The molecule has 104 valence electrons. The van der Waals surface area contributed by atoms with E-state index in [9.17, 15) is 14.4 Å². The topological polar surface area (TPSA) is 134 Å². The monoisotopic (exact) mass is 270 g/mol. The normalized spacial score (nSPS) is 9.74. The van der Waals surface area contributed by atoms with Gasteiger partial charge in [-0.25, -0.2) is 4.79 Å². The lowest BCUT2D eigenvalue weighted by atomic mass is 10.4. The van der Waals surface area contributed by atoms with Gasteiger partial charge in [-0.1, -0.05) is 5.16 Å². The molecule has 9 nitrogen and oxygen atoms in total. The van der Waals surface area contributed by atoms with E-state index in [4.69, 9.17) is 9.63 Å². The molecule has 3 amide bonds. The molecule has 0 bridgehead atoms. The largest absolute Gasteiger partial charge is 0.480 e. The second-order valence-corrected chi connectivity index (χ2v) is 3.64. The van der Waals surface area contributed by atoms with Crippen LogP contribution in [-0.2, 0) is 16.1 Å². The smallest absolute Gasteiger partial charge is 0.322 e. The van der Waals surface area contributed by atoms with Crippen LogP contribution in [0.25, 0.3) is 0 Å². The molecule has 1 aromatic heterocycles. The Morgan fingerprint density at radius 3 is 2.58 bits per heavy atom. The minimum atomic E-state index is -1.15. The lowest BCUT2D eigenvalue weighted by Gasteiger charge is -2.06. The van der Waals surface area contributed by atoms with Gasteiger partial charge in [0, 0.05) is 6.07 Å². The molecule has 0 saturated heterocycles. The van der Waals surface area contributed by atoms with Crippen LogP contribution in [0.2, 0.25) is 0 Å². The van der Waals surface area contributed by atoms with Crippen LogP contribution in [-0.4, -0.2) is 41.3 Å². The third-order valence-corrected chi connectivity index (χ3v) is 1.95. The van der Waals surface area contributed by atoms with Crippen molar-refractivity contribution in [2.24, 2.45) is 0 Å². The van der Waals surface area contributed by atoms with Crippen molar-refractivity contribution in [3.05, 3.63) is 17.5 Å². The first-order valence-corrected chi connectivity index (χ1v) is 5.39. The Bertz CT molecular complexity index is 470. The first-order valence-electron chi connectivity index (χ1n) is 5.39. The van der Waals surface area contributed by atoms with E-state index in [0.717, 1.165) is 0 Å². The minimum Gasteiger partial charge on any atom is -0.480 e. The predicted octanol–water partition coefficient (Wildman–Crippen LogP) is -1.02. The summed E-state index contributed by atoms with van der Waals surface area (Å²) in [6.07, 6.45) is 0. The van der Waals surface area contributed by atoms with Gasteiger partial charge in [0.05, 0.1) is 18.8 Å². The maximum Gasteiger partial charge on any atom is 0.322 e. The number of aliphatic carboxylic acids is 1. The van der Waals surface area contributed by atoms with Gasteiger partial charge in [0.15, 0.2) is 5.76 Å². The molecule has 0 radical (unpaired) electrons. The lowest BCUT2D eigenvalue weighted by molar-refractivity contribution is -0.137. The van der Waals surface area contributed by atoms with Gasteiger partial charge in [0.1, 0.15) is 6.54 Å². The second kappa shape index (κ2) is 6.99. The molecule has 9 heteroatoms. The highest BCUT2D eigenvalue weighted by atomic mass is 16.5. The summed E-state index contributed by atoms with van der Waals surface area (Å²) < 4.78 is 4.87. The van der Waals surface area contributed by atoms with Gasteiger partial charge in [-0.15, -0.1) is 0 Å². The van der Waals surface area contributed by atoms with Gasteiger partial charge in [0.2, 0.25) is 5.91 Å². The number of carbonyl (C=O) groups excluding carboxylic acids is 2. The van der Waals surface area contributed by atoms with Crippen LogP contribution < -0.4 is 16.0 Å². The predicted molar refractivity (Wildman–Crippen MR) is 62.1 cm³/mol. The highest BCUT2D eigenvalue weighted by Crippen LogP contribution is 2.00. The van der Waals surface area contributed by atoms with Crippen molar-refractivity contribution >= 4 is 17.9 Å². The fraction of sp³-hybridized carbons (Fsp3) is 0.400. The summed E-state index contributed by atoms with van der Waals surface area (Å²) in [5.74, 6) is -1.26. The summed E-state index contributed by atoms with van der Waals surface area (Å²) in [7, 11) is 0. The fourth-order valence-corrected chi connectivity index (χ4v) is 1.13. The van der Waals surface area contributed by atoms with E-state index in [0.29, 0.717) is 11.5 Å². The van der Waals surface area contributed by atoms with E-state index in [1.165, 1.54) is 0 Å². The zero-order valence-corrected chi connectivity index (χ0v) is 10.2. The molecule has 19 heavy (non-hydrogen) atoms. The molecule has 0 aliphatic heterocycles. The fourth-order valence-electron chi connectivity index (χ4n) is 1.13. The maximum atomic E-state index is 11.3. The van der Waals surface area contributed by atoms with Crippen LogP contribution in [0.3, 0.4) is 0 Å². The number of hydrogen-bond donors (Lipinski definition) is 4. The average Bonchev–Trinajstić information content (AvgIpc) is 2.77. The number of carboxylic acid groups (broad SMARTS) is 1. The van der Waals surface area contributed by atoms with E-state index >= 15 is 0 Å². The number of carbonyl (C=O) groups is 3.